The minimum Gasteiger partial charge on any atom is -0.491 e. The molecule has 0 saturated heterocycles. The second kappa shape index (κ2) is 7.84. The second-order valence-electron chi connectivity index (χ2n) is 6.04. The number of benzene rings is 1. The molecule has 1 unspecified atom stereocenters. The van der Waals surface area contributed by atoms with Crippen LogP contribution < -0.4 is 10.1 Å². The number of hydrogen-bond donors (Lipinski definition) is 2. The molecule has 0 saturated carbocycles. The summed E-state index contributed by atoms with van der Waals surface area (Å²) in [6.07, 6.45) is 4.70. The Kier molecular flexibility index (Phi) is 5.82. The summed E-state index contributed by atoms with van der Waals surface area (Å²) in [5.74, 6) is 0.871. The van der Waals surface area contributed by atoms with E-state index in [1.165, 1.54) is 12.3 Å². The Morgan fingerprint density at radius 3 is 2.83 bits per heavy atom. The molecule has 2 N–H and O–H groups in total. The van der Waals surface area contributed by atoms with Crippen molar-refractivity contribution in [2.45, 2.75) is 32.5 Å². The van der Waals surface area contributed by atoms with E-state index in [0.717, 1.165) is 11.3 Å². The fourth-order valence-electron chi connectivity index (χ4n) is 2.13. The first-order valence-electron chi connectivity index (χ1n) is 7.86. The highest BCUT2D eigenvalue weighted by Crippen LogP contribution is 2.20. The van der Waals surface area contributed by atoms with Gasteiger partial charge in [0.15, 0.2) is 0 Å². The molecule has 0 aliphatic rings. The van der Waals surface area contributed by atoms with Crippen molar-refractivity contribution in [1.82, 2.24) is 5.32 Å². The van der Waals surface area contributed by atoms with Crippen molar-refractivity contribution in [2.24, 2.45) is 0 Å². The number of rotatable bonds is 7. The van der Waals surface area contributed by atoms with Crippen LogP contribution in [-0.2, 0) is 10.4 Å². The maximum Gasteiger partial charge on any atom is 0.244 e. The molecule has 1 aromatic carbocycles. The molecule has 2 aromatic rings. The molecule has 1 atom stereocenters. The van der Waals surface area contributed by atoms with Gasteiger partial charge in [0.25, 0.3) is 0 Å². The van der Waals surface area contributed by atoms with Crippen LogP contribution in [0.1, 0.15) is 32.1 Å². The molecule has 0 aliphatic carbocycles. The third-order valence-electron chi connectivity index (χ3n) is 3.32. The standard InChI is InChI=1S/C19H23NO4/c1-14(2)24-16-7-4-6-15(12-16)9-10-18(21)20-13-19(3,22)17-8-5-11-23-17/h4-12,14,22H,13H2,1-3H3,(H,20,21). The minimum absolute atomic E-state index is 0.0557. The smallest absolute Gasteiger partial charge is 0.244 e. The second-order valence-corrected chi connectivity index (χ2v) is 6.04. The molecule has 0 spiro atoms. The van der Waals surface area contributed by atoms with Crippen molar-refractivity contribution < 1.29 is 19.1 Å². The summed E-state index contributed by atoms with van der Waals surface area (Å²) >= 11 is 0. The monoisotopic (exact) mass is 329 g/mol. The van der Waals surface area contributed by atoms with Crippen molar-refractivity contribution in [1.29, 1.82) is 0 Å². The Morgan fingerprint density at radius 2 is 2.17 bits per heavy atom. The van der Waals surface area contributed by atoms with Crippen molar-refractivity contribution in [2.75, 3.05) is 6.54 Å². The predicted octanol–water partition coefficient (Wildman–Crippen LogP) is 3.10. The zero-order valence-electron chi connectivity index (χ0n) is 14.2. The van der Waals surface area contributed by atoms with Crippen molar-refractivity contribution in [3.05, 3.63) is 60.1 Å². The Bertz CT molecular complexity index is 687. The van der Waals surface area contributed by atoms with Gasteiger partial charge in [0.1, 0.15) is 17.1 Å². The van der Waals surface area contributed by atoms with Crippen LogP contribution >= 0.6 is 0 Å². The summed E-state index contributed by atoms with van der Waals surface area (Å²) in [4.78, 5) is 11.9. The third kappa shape index (κ3) is 5.28. The molecule has 0 fully saturated rings. The average molecular weight is 329 g/mol. The van der Waals surface area contributed by atoms with Crippen molar-refractivity contribution in [3.8, 4) is 5.75 Å². The number of carbonyl (C=O) groups excluding carboxylic acids is 1. The van der Waals surface area contributed by atoms with Gasteiger partial charge in [0, 0.05) is 6.08 Å². The average Bonchev–Trinajstić information content (AvgIpc) is 3.06. The SMILES string of the molecule is CC(C)Oc1cccc(C=CC(=O)NCC(C)(O)c2ccco2)c1. The van der Waals surface area contributed by atoms with Crippen LogP contribution in [0.15, 0.2) is 53.2 Å². The molecule has 1 aromatic heterocycles. The molecule has 0 aliphatic heterocycles. The van der Waals surface area contributed by atoms with Gasteiger partial charge in [0.2, 0.25) is 5.91 Å². The lowest BCUT2D eigenvalue weighted by Crippen LogP contribution is -2.37. The molecule has 5 heteroatoms. The Balaban J connectivity index is 1.91. The van der Waals surface area contributed by atoms with Gasteiger partial charge in [-0.2, -0.15) is 0 Å². The topological polar surface area (TPSA) is 71.7 Å². The van der Waals surface area contributed by atoms with E-state index in [9.17, 15) is 9.90 Å². The number of aliphatic hydroxyl groups is 1. The van der Waals surface area contributed by atoms with Crippen molar-refractivity contribution in [3.63, 3.8) is 0 Å². The Labute approximate surface area is 141 Å². The van der Waals surface area contributed by atoms with Gasteiger partial charge in [-0.05, 0) is 56.7 Å². The molecular formula is C19H23NO4. The van der Waals surface area contributed by atoms with E-state index in [4.69, 9.17) is 9.15 Å². The van der Waals surface area contributed by atoms with E-state index in [0.29, 0.717) is 5.76 Å². The van der Waals surface area contributed by atoms with Gasteiger partial charge in [-0.15, -0.1) is 0 Å². The minimum atomic E-state index is -1.25. The number of amides is 1. The third-order valence-corrected chi connectivity index (χ3v) is 3.32. The Morgan fingerprint density at radius 1 is 1.38 bits per heavy atom. The first kappa shape index (κ1) is 17.8. The van der Waals surface area contributed by atoms with Crippen molar-refractivity contribution >= 4 is 12.0 Å². The van der Waals surface area contributed by atoms with E-state index in [2.05, 4.69) is 5.32 Å². The summed E-state index contributed by atoms with van der Waals surface area (Å²) in [6.45, 7) is 5.56. The molecule has 2 rings (SSSR count). The number of furan rings is 1. The zero-order valence-corrected chi connectivity index (χ0v) is 14.2. The van der Waals surface area contributed by atoms with E-state index in [1.807, 2.05) is 38.1 Å². The van der Waals surface area contributed by atoms with Crippen LogP contribution in [0.25, 0.3) is 6.08 Å². The van der Waals surface area contributed by atoms with Gasteiger partial charge in [-0.25, -0.2) is 0 Å². The maximum atomic E-state index is 11.9. The summed E-state index contributed by atoms with van der Waals surface area (Å²) in [6, 6.07) is 10.9. The summed E-state index contributed by atoms with van der Waals surface area (Å²) in [5.41, 5.74) is -0.390. The lowest BCUT2D eigenvalue weighted by atomic mass is 10.0. The predicted molar refractivity (Wildman–Crippen MR) is 92.5 cm³/mol. The van der Waals surface area contributed by atoms with E-state index in [-0.39, 0.29) is 18.6 Å². The molecule has 1 heterocycles. The molecule has 0 radical (unpaired) electrons. The normalized spacial score (nSPS) is 13.9. The number of carbonyl (C=O) groups is 1. The van der Waals surface area contributed by atoms with Gasteiger partial charge in [-0.3, -0.25) is 4.79 Å². The maximum absolute atomic E-state index is 11.9. The molecule has 128 valence electrons. The van der Waals surface area contributed by atoms with Crippen LogP contribution in [0.2, 0.25) is 0 Å². The van der Waals surface area contributed by atoms with Gasteiger partial charge in [-0.1, -0.05) is 12.1 Å². The first-order valence-corrected chi connectivity index (χ1v) is 7.86. The van der Waals surface area contributed by atoms with Crippen LogP contribution in [0.5, 0.6) is 5.75 Å². The number of nitrogens with one attached hydrogen (secondary N) is 1. The van der Waals surface area contributed by atoms with Crippen LogP contribution in [0, 0.1) is 0 Å². The quantitative estimate of drug-likeness (QED) is 0.766. The van der Waals surface area contributed by atoms with Gasteiger partial charge in [0.05, 0.1) is 18.9 Å². The Hall–Kier alpha value is -2.53. The lowest BCUT2D eigenvalue weighted by molar-refractivity contribution is -0.117. The molecule has 1 amide bonds. The molecular weight excluding hydrogens is 306 g/mol. The fourth-order valence-corrected chi connectivity index (χ4v) is 2.13. The van der Waals surface area contributed by atoms with E-state index >= 15 is 0 Å². The molecule has 0 bridgehead atoms. The molecule has 5 nitrogen and oxygen atoms in total. The molecule has 24 heavy (non-hydrogen) atoms. The van der Waals surface area contributed by atoms with Gasteiger partial charge >= 0.3 is 0 Å². The van der Waals surface area contributed by atoms with Gasteiger partial charge < -0.3 is 19.6 Å². The van der Waals surface area contributed by atoms with E-state index in [1.54, 1.807) is 25.1 Å². The highest BCUT2D eigenvalue weighted by Gasteiger charge is 2.26. The van der Waals surface area contributed by atoms with Crippen LogP contribution in [0.3, 0.4) is 0 Å². The highest BCUT2D eigenvalue weighted by molar-refractivity contribution is 5.91. The first-order chi connectivity index (χ1) is 11.4. The highest BCUT2D eigenvalue weighted by atomic mass is 16.5. The number of ether oxygens (including phenoxy) is 1. The summed E-state index contributed by atoms with van der Waals surface area (Å²) in [7, 11) is 0. The number of hydrogen-bond acceptors (Lipinski definition) is 4. The van der Waals surface area contributed by atoms with Crippen LogP contribution in [-0.4, -0.2) is 23.7 Å². The largest absolute Gasteiger partial charge is 0.491 e. The summed E-state index contributed by atoms with van der Waals surface area (Å²) < 4.78 is 10.8. The fraction of sp³-hybridized carbons (Fsp3) is 0.316. The summed E-state index contributed by atoms with van der Waals surface area (Å²) in [5, 5.41) is 12.9. The van der Waals surface area contributed by atoms with E-state index < -0.39 is 5.60 Å². The van der Waals surface area contributed by atoms with Crippen LogP contribution in [0.4, 0.5) is 0 Å². The lowest BCUT2D eigenvalue weighted by Gasteiger charge is -2.20. The zero-order chi connectivity index (χ0) is 17.6.